The first-order chi connectivity index (χ1) is 18.9. The van der Waals surface area contributed by atoms with Gasteiger partial charge in [-0.05, 0) is 53.9 Å². The number of nitriles is 1. The van der Waals surface area contributed by atoms with Gasteiger partial charge in [-0.1, -0.05) is 26.8 Å². The number of ether oxygens (including phenoxy) is 2. The number of carbonyl (C=O) groups excluding carboxylic acids is 1. The Morgan fingerprint density at radius 2 is 2.00 bits per heavy atom. The summed E-state index contributed by atoms with van der Waals surface area (Å²) < 4.78 is 54.0. The molecule has 0 fully saturated rings. The molecule has 8 nitrogen and oxygen atoms in total. The minimum absolute atomic E-state index is 0.0607. The van der Waals surface area contributed by atoms with E-state index in [9.17, 15) is 23.2 Å². The van der Waals surface area contributed by atoms with Crippen LogP contribution >= 0.6 is 11.3 Å². The van der Waals surface area contributed by atoms with Crippen molar-refractivity contribution in [3.8, 4) is 17.6 Å². The molecule has 1 aromatic carbocycles. The second-order valence-corrected chi connectivity index (χ2v) is 12.6. The van der Waals surface area contributed by atoms with Gasteiger partial charge in [-0.3, -0.25) is 4.79 Å². The molecule has 0 unspecified atom stereocenters. The summed E-state index contributed by atoms with van der Waals surface area (Å²) >= 11 is 1.37. The molecule has 3 aromatic rings. The average Bonchev–Trinajstić information content (AvgIpc) is 3.61. The van der Waals surface area contributed by atoms with Crippen LogP contribution in [0.2, 0.25) is 0 Å². The molecule has 12 heteroatoms. The molecule has 2 aliphatic heterocycles. The molecule has 3 atom stereocenters. The molecule has 2 N–H and O–H groups in total. The topological polar surface area (TPSA) is 101 Å². The number of thiophene rings is 1. The second-order valence-electron chi connectivity index (χ2n) is 11.5. The molecular formula is C28H28F3N5O3S. The van der Waals surface area contributed by atoms with Crippen molar-refractivity contribution in [2.24, 2.45) is 11.3 Å². The van der Waals surface area contributed by atoms with Gasteiger partial charge in [0.1, 0.15) is 16.9 Å². The van der Waals surface area contributed by atoms with Crippen molar-refractivity contribution in [2.45, 2.75) is 64.7 Å². The van der Waals surface area contributed by atoms with Gasteiger partial charge in [0.25, 0.3) is 5.91 Å². The maximum Gasteiger partial charge on any atom is 0.410 e. The van der Waals surface area contributed by atoms with Crippen LogP contribution in [0.5, 0.6) is 11.5 Å². The summed E-state index contributed by atoms with van der Waals surface area (Å²) in [6.07, 6.45) is -2.37. The summed E-state index contributed by atoms with van der Waals surface area (Å²) in [5.41, 5.74) is 1.95. The quantitative estimate of drug-likeness (QED) is 0.367. The normalized spacial score (nSPS) is 21.7. The lowest BCUT2D eigenvalue weighted by Crippen LogP contribution is -2.35. The van der Waals surface area contributed by atoms with Gasteiger partial charge in [-0.25, -0.2) is 4.68 Å². The summed E-state index contributed by atoms with van der Waals surface area (Å²) in [7, 11) is 0. The fourth-order valence-corrected chi connectivity index (χ4v) is 7.00. The van der Waals surface area contributed by atoms with E-state index in [1.165, 1.54) is 17.4 Å². The van der Waals surface area contributed by atoms with Gasteiger partial charge in [0.05, 0.1) is 11.6 Å². The molecule has 6 rings (SSSR count). The fourth-order valence-electron chi connectivity index (χ4n) is 5.73. The van der Waals surface area contributed by atoms with Crippen LogP contribution in [-0.2, 0) is 12.8 Å². The first-order valence-corrected chi connectivity index (χ1v) is 13.9. The van der Waals surface area contributed by atoms with Crippen molar-refractivity contribution in [1.82, 2.24) is 9.78 Å². The largest absolute Gasteiger partial charge is 0.454 e. The number of hydrogen-bond donors (Lipinski definition) is 2. The van der Waals surface area contributed by atoms with E-state index in [0.717, 1.165) is 34.4 Å². The number of halogens is 3. The average molecular weight is 572 g/mol. The minimum atomic E-state index is -4.59. The van der Waals surface area contributed by atoms with Crippen molar-refractivity contribution in [3.63, 3.8) is 0 Å². The standard InChI is InChI=1S/C28H28F3N5O3S/c1-27(2,3)15-5-6-16-17(12-32)26(40-22(16)9-15)34-25(37)19-11-24-33-18(10-23(28(29,30)31)36(24)35-19)14-4-7-20-21(8-14)39-13-38-20/h4,7-8,11,15,18,23,33H,5-6,9-10,13H2,1-3H3,(H,34,37)/t15-,18+,23-/m1/s1. The highest BCUT2D eigenvalue weighted by molar-refractivity contribution is 7.16. The van der Waals surface area contributed by atoms with Crippen LogP contribution in [-0.4, -0.2) is 28.7 Å². The predicted octanol–water partition coefficient (Wildman–Crippen LogP) is 6.61. The summed E-state index contributed by atoms with van der Waals surface area (Å²) in [5, 5.41) is 20.2. The maximum atomic E-state index is 14.2. The second kappa shape index (κ2) is 9.44. The third-order valence-electron chi connectivity index (χ3n) is 8.05. The Bertz CT molecular complexity index is 1530. The number of fused-ring (bicyclic) bond motifs is 3. The molecular weight excluding hydrogens is 543 g/mol. The van der Waals surface area contributed by atoms with E-state index in [4.69, 9.17) is 9.47 Å². The highest BCUT2D eigenvalue weighted by atomic mass is 32.1. The molecule has 0 saturated heterocycles. The molecule has 0 radical (unpaired) electrons. The molecule has 40 heavy (non-hydrogen) atoms. The van der Waals surface area contributed by atoms with Crippen LogP contribution in [0.4, 0.5) is 24.0 Å². The number of amides is 1. The van der Waals surface area contributed by atoms with Gasteiger partial charge in [-0.15, -0.1) is 11.3 Å². The van der Waals surface area contributed by atoms with Crippen LogP contribution in [0, 0.1) is 22.7 Å². The monoisotopic (exact) mass is 571 g/mol. The number of alkyl halides is 3. The Morgan fingerprint density at radius 3 is 2.73 bits per heavy atom. The summed E-state index contributed by atoms with van der Waals surface area (Å²) in [6.45, 7) is 6.66. The zero-order valence-electron chi connectivity index (χ0n) is 22.2. The summed E-state index contributed by atoms with van der Waals surface area (Å²) in [4.78, 5) is 14.3. The van der Waals surface area contributed by atoms with Gasteiger partial charge in [0, 0.05) is 17.4 Å². The Balaban J connectivity index is 1.27. The Labute approximate surface area is 233 Å². The fraction of sp³-hybridized carbons (Fsp3) is 0.464. The number of anilines is 2. The van der Waals surface area contributed by atoms with Crippen LogP contribution in [0.25, 0.3) is 0 Å². The Hall–Kier alpha value is -3.72. The highest BCUT2D eigenvalue weighted by Crippen LogP contribution is 2.46. The van der Waals surface area contributed by atoms with Crippen LogP contribution in [0.3, 0.4) is 0 Å². The zero-order chi connectivity index (χ0) is 28.4. The lowest BCUT2D eigenvalue weighted by molar-refractivity contribution is -0.173. The lowest BCUT2D eigenvalue weighted by atomic mass is 9.72. The molecule has 0 saturated carbocycles. The molecule has 4 heterocycles. The third kappa shape index (κ3) is 4.66. The van der Waals surface area contributed by atoms with E-state index in [0.29, 0.717) is 33.5 Å². The number of hydrogen-bond acceptors (Lipinski definition) is 7. The SMILES string of the molecule is CC(C)(C)[C@@H]1CCc2c(sc(NC(=O)c3cc4n(n3)[C@@H](C(F)(F)F)C[C@@H](c3ccc5c(c3)OCO5)N4)c2C#N)C1. The van der Waals surface area contributed by atoms with E-state index < -0.39 is 24.2 Å². The number of carbonyl (C=O) groups is 1. The van der Waals surface area contributed by atoms with E-state index in [-0.39, 0.29) is 30.1 Å². The van der Waals surface area contributed by atoms with E-state index in [2.05, 4.69) is 42.6 Å². The van der Waals surface area contributed by atoms with Crippen molar-refractivity contribution >= 4 is 28.1 Å². The molecule has 1 amide bonds. The predicted molar refractivity (Wildman–Crippen MR) is 143 cm³/mol. The number of benzene rings is 1. The number of aromatic nitrogens is 2. The molecule has 2 aromatic heterocycles. The molecule has 3 aliphatic rings. The first kappa shape index (κ1) is 26.5. The van der Waals surface area contributed by atoms with Crippen molar-refractivity contribution in [2.75, 3.05) is 17.4 Å². The molecule has 0 spiro atoms. The summed E-state index contributed by atoms with van der Waals surface area (Å²) in [6, 6.07) is 5.96. The highest BCUT2D eigenvalue weighted by Gasteiger charge is 2.47. The van der Waals surface area contributed by atoms with Gasteiger partial charge in [0.15, 0.2) is 23.2 Å². The van der Waals surface area contributed by atoms with Gasteiger partial charge in [-0.2, -0.15) is 23.5 Å². The van der Waals surface area contributed by atoms with Crippen LogP contribution < -0.4 is 20.1 Å². The Morgan fingerprint density at radius 1 is 1.23 bits per heavy atom. The maximum absolute atomic E-state index is 14.2. The van der Waals surface area contributed by atoms with Crippen LogP contribution in [0.1, 0.15) is 77.8 Å². The molecule has 0 bridgehead atoms. The van der Waals surface area contributed by atoms with Crippen LogP contribution in [0.15, 0.2) is 24.3 Å². The number of nitrogens with one attached hydrogen (secondary N) is 2. The Kier molecular flexibility index (Phi) is 6.25. The zero-order valence-corrected chi connectivity index (χ0v) is 23.0. The number of rotatable bonds is 3. The van der Waals surface area contributed by atoms with Gasteiger partial charge >= 0.3 is 6.18 Å². The smallest absolute Gasteiger partial charge is 0.410 e. The van der Waals surface area contributed by atoms with E-state index >= 15 is 0 Å². The third-order valence-corrected chi connectivity index (χ3v) is 9.22. The minimum Gasteiger partial charge on any atom is -0.454 e. The molecule has 210 valence electrons. The van der Waals surface area contributed by atoms with Gasteiger partial charge in [0.2, 0.25) is 6.79 Å². The van der Waals surface area contributed by atoms with Crippen molar-refractivity contribution in [3.05, 3.63) is 51.5 Å². The van der Waals surface area contributed by atoms with Crippen molar-refractivity contribution < 1.29 is 27.4 Å². The lowest BCUT2D eigenvalue weighted by Gasteiger charge is -2.33. The van der Waals surface area contributed by atoms with E-state index in [1.807, 2.05) is 0 Å². The van der Waals surface area contributed by atoms with E-state index in [1.54, 1.807) is 18.2 Å². The molecule has 1 aliphatic carbocycles. The summed E-state index contributed by atoms with van der Waals surface area (Å²) in [5.74, 6) is 0.892. The number of nitrogens with zero attached hydrogens (tertiary/aromatic N) is 3. The van der Waals surface area contributed by atoms with Gasteiger partial charge < -0.3 is 20.1 Å². The van der Waals surface area contributed by atoms with Crippen molar-refractivity contribution in [1.29, 1.82) is 5.26 Å². The first-order valence-electron chi connectivity index (χ1n) is 13.1.